The van der Waals surface area contributed by atoms with Crippen molar-refractivity contribution < 1.29 is 9.50 Å². The number of aliphatic hydroxyl groups excluding tert-OH is 1. The highest BCUT2D eigenvalue weighted by atomic mass is 32.2. The smallest absolute Gasteiger partial charge is 0.137 e. The molecule has 1 nitrogen and oxygen atoms in total. The predicted molar refractivity (Wildman–Crippen MR) is 67.6 cm³/mol. The van der Waals surface area contributed by atoms with Gasteiger partial charge in [0.15, 0.2) is 0 Å². The molecule has 0 aromatic heterocycles. The van der Waals surface area contributed by atoms with Crippen LogP contribution in [-0.4, -0.2) is 5.11 Å². The van der Waals surface area contributed by atoms with E-state index in [4.69, 9.17) is 0 Å². The van der Waals surface area contributed by atoms with E-state index in [-0.39, 0.29) is 5.82 Å². The second kappa shape index (κ2) is 5.34. The van der Waals surface area contributed by atoms with Crippen LogP contribution < -0.4 is 0 Å². The normalized spacial score (nSPS) is 12.4. The minimum absolute atomic E-state index is 0.294. The van der Waals surface area contributed by atoms with Gasteiger partial charge in [0.05, 0.1) is 6.10 Å². The van der Waals surface area contributed by atoms with Crippen molar-refractivity contribution in [3.8, 4) is 0 Å². The Morgan fingerprint density at radius 3 is 2.41 bits per heavy atom. The number of hydrogen-bond donors (Lipinski definition) is 1. The minimum Gasteiger partial charge on any atom is -0.389 e. The topological polar surface area (TPSA) is 20.2 Å². The van der Waals surface area contributed by atoms with Gasteiger partial charge in [0.25, 0.3) is 0 Å². The third-order valence-electron chi connectivity index (χ3n) is 2.41. The molecule has 2 rings (SSSR count). The maximum Gasteiger partial charge on any atom is 0.137 e. The van der Waals surface area contributed by atoms with Gasteiger partial charge in [-0.3, -0.25) is 0 Å². The zero-order valence-corrected chi connectivity index (χ0v) is 10.2. The van der Waals surface area contributed by atoms with Gasteiger partial charge >= 0.3 is 0 Å². The summed E-state index contributed by atoms with van der Waals surface area (Å²) in [6, 6.07) is 14.5. The molecule has 0 aliphatic carbocycles. The molecule has 0 aliphatic heterocycles. The van der Waals surface area contributed by atoms with E-state index in [9.17, 15) is 9.50 Å². The van der Waals surface area contributed by atoms with Gasteiger partial charge in [0, 0.05) is 9.79 Å². The first-order chi connectivity index (χ1) is 8.16. The number of rotatable bonds is 3. The fourth-order valence-corrected chi connectivity index (χ4v) is 2.31. The largest absolute Gasteiger partial charge is 0.389 e. The average molecular weight is 248 g/mol. The second-order valence-corrected chi connectivity index (χ2v) is 4.90. The van der Waals surface area contributed by atoms with Gasteiger partial charge in [-0.2, -0.15) is 0 Å². The fraction of sp³-hybridized carbons (Fsp3) is 0.143. The molecule has 3 heteroatoms. The molecule has 0 bridgehead atoms. The molecule has 0 saturated carbocycles. The summed E-state index contributed by atoms with van der Waals surface area (Å²) in [6.45, 7) is 1.62. The number of benzene rings is 2. The molecule has 17 heavy (non-hydrogen) atoms. The molecule has 88 valence electrons. The summed E-state index contributed by atoms with van der Waals surface area (Å²) in [4.78, 5) is 1.57. The monoisotopic (exact) mass is 248 g/mol. The van der Waals surface area contributed by atoms with Gasteiger partial charge < -0.3 is 5.11 Å². The van der Waals surface area contributed by atoms with E-state index in [0.717, 1.165) is 4.90 Å². The first-order valence-electron chi connectivity index (χ1n) is 5.37. The van der Waals surface area contributed by atoms with Gasteiger partial charge in [-0.25, -0.2) is 4.39 Å². The van der Waals surface area contributed by atoms with E-state index < -0.39 is 6.10 Å². The van der Waals surface area contributed by atoms with Crippen LogP contribution in [-0.2, 0) is 0 Å². The van der Waals surface area contributed by atoms with Crippen molar-refractivity contribution in [2.45, 2.75) is 22.8 Å². The highest BCUT2D eigenvalue weighted by molar-refractivity contribution is 7.99. The van der Waals surface area contributed by atoms with Crippen LogP contribution in [0.3, 0.4) is 0 Å². The molecule has 0 fully saturated rings. The van der Waals surface area contributed by atoms with E-state index in [1.165, 1.54) is 17.8 Å². The molecular weight excluding hydrogens is 235 g/mol. The molecule has 0 spiro atoms. The summed E-state index contributed by atoms with van der Waals surface area (Å²) >= 11 is 1.38. The van der Waals surface area contributed by atoms with E-state index >= 15 is 0 Å². The lowest BCUT2D eigenvalue weighted by molar-refractivity contribution is 0.198. The first-order valence-corrected chi connectivity index (χ1v) is 6.19. The highest BCUT2D eigenvalue weighted by Crippen LogP contribution is 2.30. The molecule has 0 unspecified atom stereocenters. The second-order valence-electron chi connectivity index (χ2n) is 3.78. The van der Waals surface area contributed by atoms with Crippen LogP contribution >= 0.6 is 11.8 Å². The van der Waals surface area contributed by atoms with Crippen LogP contribution in [0, 0.1) is 5.82 Å². The number of aliphatic hydroxyl groups is 1. The van der Waals surface area contributed by atoms with Crippen molar-refractivity contribution in [2.24, 2.45) is 0 Å². The molecule has 0 saturated heterocycles. The maximum absolute atomic E-state index is 13.8. The van der Waals surface area contributed by atoms with E-state index in [0.29, 0.717) is 10.5 Å². The molecule has 0 heterocycles. The van der Waals surface area contributed by atoms with Crippen LogP contribution in [0.4, 0.5) is 4.39 Å². The summed E-state index contributed by atoms with van der Waals surface area (Å²) in [6.07, 6.45) is -0.639. The summed E-state index contributed by atoms with van der Waals surface area (Å²) in [5, 5.41) is 9.36. The van der Waals surface area contributed by atoms with Gasteiger partial charge in [-0.1, -0.05) is 36.0 Å². The van der Waals surface area contributed by atoms with Crippen molar-refractivity contribution in [2.75, 3.05) is 0 Å². The third kappa shape index (κ3) is 3.08. The molecule has 0 aliphatic rings. The van der Waals surface area contributed by atoms with Gasteiger partial charge in [0.2, 0.25) is 0 Å². The van der Waals surface area contributed by atoms with Gasteiger partial charge in [-0.05, 0) is 36.8 Å². The van der Waals surface area contributed by atoms with Crippen molar-refractivity contribution in [1.82, 2.24) is 0 Å². The lowest BCUT2D eigenvalue weighted by atomic mass is 10.1. The Kier molecular flexibility index (Phi) is 3.82. The Balaban J connectivity index is 2.23. The summed E-state index contributed by atoms with van der Waals surface area (Å²) in [7, 11) is 0. The molecule has 2 aromatic carbocycles. The van der Waals surface area contributed by atoms with E-state index in [1.54, 1.807) is 19.1 Å². The van der Waals surface area contributed by atoms with Gasteiger partial charge in [-0.15, -0.1) is 0 Å². The third-order valence-corrected chi connectivity index (χ3v) is 3.47. The lowest BCUT2D eigenvalue weighted by Crippen LogP contribution is -1.92. The molecule has 1 N–H and O–H groups in total. The van der Waals surface area contributed by atoms with Crippen molar-refractivity contribution in [3.63, 3.8) is 0 Å². The lowest BCUT2D eigenvalue weighted by Gasteiger charge is -2.07. The Labute approximate surface area is 104 Å². The molecule has 0 amide bonds. The first kappa shape index (κ1) is 12.1. The number of hydrogen-bond acceptors (Lipinski definition) is 2. The van der Waals surface area contributed by atoms with Crippen LogP contribution in [0.25, 0.3) is 0 Å². The standard InChI is InChI=1S/C14H13FOS/c1-10(16)11-7-8-14(13(15)9-11)17-12-5-3-2-4-6-12/h2-10,16H,1H3/t10-/m1/s1. The molecular formula is C14H13FOS. The van der Waals surface area contributed by atoms with E-state index in [2.05, 4.69) is 0 Å². The Bertz CT molecular complexity index is 497. The Morgan fingerprint density at radius 1 is 1.12 bits per heavy atom. The molecule has 0 radical (unpaired) electrons. The van der Waals surface area contributed by atoms with Gasteiger partial charge in [0.1, 0.15) is 5.82 Å². The van der Waals surface area contributed by atoms with E-state index in [1.807, 2.05) is 30.3 Å². The van der Waals surface area contributed by atoms with Crippen molar-refractivity contribution >= 4 is 11.8 Å². The average Bonchev–Trinajstić information content (AvgIpc) is 2.33. The van der Waals surface area contributed by atoms with Crippen LogP contribution in [0.2, 0.25) is 0 Å². The Morgan fingerprint density at radius 2 is 1.82 bits per heavy atom. The van der Waals surface area contributed by atoms with Crippen LogP contribution in [0.5, 0.6) is 0 Å². The minimum atomic E-state index is -0.639. The number of halogens is 1. The summed E-state index contributed by atoms with van der Waals surface area (Å²) in [5.41, 5.74) is 0.597. The van der Waals surface area contributed by atoms with Crippen molar-refractivity contribution in [3.05, 3.63) is 59.9 Å². The predicted octanol–water partition coefficient (Wildman–Crippen LogP) is 4.03. The van der Waals surface area contributed by atoms with Crippen LogP contribution in [0.15, 0.2) is 58.3 Å². The highest BCUT2D eigenvalue weighted by Gasteiger charge is 2.08. The maximum atomic E-state index is 13.8. The fourth-order valence-electron chi connectivity index (χ4n) is 1.48. The zero-order chi connectivity index (χ0) is 12.3. The summed E-state index contributed by atoms with van der Waals surface area (Å²) in [5.74, 6) is -0.294. The Hall–Kier alpha value is -1.32. The SMILES string of the molecule is C[C@@H](O)c1ccc(Sc2ccccc2)c(F)c1. The van der Waals surface area contributed by atoms with Crippen molar-refractivity contribution in [1.29, 1.82) is 0 Å². The summed E-state index contributed by atoms with van der Waals surface area (Å²) < 4.78 is 13.8. The van der Waals surface area contributed by atoms with Crippen LogP contribution in [0.1, 0.15) is 18.6 Å². The molecule has 2 aromatic rings. The molecule has 1 atom stereocenters. The quantitative estimate of drug-likeness (QED) is 0.885. The zero-order valence-electron chi connectivity index (χ0n) is 9.43.